The van der Waals surface area contributed by atoms with Gasteiger partial charge < -0.3 is 20.3 Å². The minimum atomic E-state index is -0.856. The molecule has 352 valence electrons. The number of unbranched alkanes of at least 4 members (excludes halogenated alkanes) is 33. The third kappa shape index (κ3) is 45.6. The van der Waals surface area contributed by atoms with Crippen LogP contribution in [0.1, 0.15) is 271 Å². The second-order valence-corrected chi connectivity index (χ2v) is 17.9. The number of nitrogens with one attached hydrogen (secondary N) is 1. The van der Waals surface area contributed by atoms with Crippen molar-refractivity contribution in [3.8, 4) is 0 Å². The van der Waals surface area contributed by atoms with Crippen molar-refractivity contribution in [3.63, 3.8) is 0 Å². The number of hydrogen-bond donors (Lipinski definition) is 3. The van der Waals surface area contributed by atoms with Crippen molar-refractivity contribution in [2.75, 3.05) is 13.2 Å². The van der Waals surface area contributed by atoms with Gasteiger partial charge in [-0.2, -0.15) is 0 Å². The van der Waals surface area contributed by atoms with Crippen LogP contribution in [0.25, 0.3) is 0 Å². The predicted octanol–water partition coefficient (Wildman–Crippen LogP) is 15.7. The molecule has 0 aliphatic rings. The number of ether oxygens (including phenoxy) is 1. The standard InChI is InChI=1S/C54H101NO5/c1-3-5-7-9-11-13-15-17-18-19-20-21-23-26-30-34-38-42-46-52(57)51(50-56)55-53(58)47-43-39-35-31-27-24-25-29-33-37-41-45-49-60-54(59)48-44-40-36-32-28-22-16-14-12-10-8-6-4-2/h8,10,14,16,42,46,51-52,56-57H,3-7,9,11-13,15,17-41,43-45,47-50H2,1-2H3,(H,55,58)/b10-8-,16-14-,46-42+. The van der Waals surface area contributed by atoms with E-state index in [-0.39, 0.29) is 18.5 Å². The van der Waals surface area contributed by atoms with Gasteiger partial charge in [-0.05, 0) is 57.8 Å². The number of esters is 1. The highest BCUT2D eigenvalue weighted by Crippen LogP contribution is 2.16. The lowest BCUT2D eigenvalue weighted by Crippen LogP contribution is -2.45. The first kappa shape index (κ1) is 58.1. The number of carbonyl (C=O) groups excluding carboxylic acids is 2. The largest absolute Gasteiger partial charge is 0.466 e. The average molecular weight is 844 g/mol. The van der Waals surface area contributed by atoms with Crippen molar-refractivity contribution < 1.29 is 24.5 Å². The Labute approximate surface area is 373 Å². The molecule has 0 radical (unpaired) electrons. The summed E-state index contributed by atoms with van der Waals surface area (Å²) in [6.45, 7) is 4.80. The van der Waals surface area contributed by atoms with E-state index < -0.39 is 12.1 Å². The Morgan fingerprint density at radius 1 is 0.467 bits per heavy atom. The van der Waals surface area contributed by atoms with Crippen LogP contribution in [0.3, 0.4) is 0 Å². The van der Waals surface area contributed by atoms with Gasteiger partial charge in [-0.15, -0.1) is 0 Å². The molecule has 0 saturated carbocycles. The zero-order chi connectivity index (χ0) is 43.7. The van der Waals surface area contributed by atoms with Gasteiger partial charge in [0.15, 0.2) is 0 Å². The van der Waals surface area contributed by atoms with Crippen LogP contribution in [0.15, 0.2) is 36.5 Å². The molecule has 0 aromatic carbocycles. The molecule has 60 heavy (non-hydrogen) atoms. The van der Waals surface area contributed by atoms with Crippen molar-refractivity contribution in [2.24, 2.45) is 0 Å². The highest BCUT2D eigenvalue weighted by Gasteiger charge is 2.18. The van der Waals surface area contributed by atoms with Gasteiger partial charge in [0.2, 0.25) is 5.91 Å². The smallest absolute Gasteiger partial charge is 0.305 e. The summed E-state index contributed by atoms with van der Waals surface area (Å²) in [5, 5.41) is 23.1. The van der Waals surface area contributed by atoms with E-state index in [0.717, 1.165) is 70.6 Å². The van der Waals surface area contributed by atoms with E-state index in [2.05, 4.69) is 43.5 Å². The second kappa shape index (κ2) is 49.7. The van der Waals surface area contributed by atoms with Crippen molar-refractivity contribution in [3.05, 3.63) is 36.5 Å². The zero-order valence-electron chi connectivity index (χ0n) is 39.9. The molecule has 0 spiro atoms. The average Bonchev–Trinajstić information content (AvgIpc) is 3.25. The Hall–Kier alpha value is -1.92. The van der Waals surface area contributed by atoms with Gasteiger partial charge in [-0.25, -0.2) is 0 Å². The molecule has 0 aliphatic carbocycles. The molecule has 0 rings (SSSR count). The molecule has 6 heteroatoms. The molecule has 6 nitrogen and oxygen atoms in total. The first-order valence-electron chi connectivity index (χ1n) is 26.3. The molecular weight excluding hydrogens is 743 g/mol. The van der Waals surface area contributed by atoms with Crippen LogP contribution < -0.4 is 5.32 Å². The number of carbonyl (C=O) groups is 2. The molecule has 0 aromatic heterocycles. The molecular formula is C54H101NO5. The summed E-state index contributed by atoms with van der Waals surface area (Å²) in [6.07, 6.45) is 60.0. The normalized spacial score (nSPS) is 12.9. The molecule has 0 heterocycles. The van der Waals surface area contributed by atoms with Crippen LogP contribution in [0.5, 0.6) is 0 Å². The van der Waals surface area contributed by atoms with Gasteiger partial charge in [0, 0.05) is 12.8 Å². The summed E-state index contributed by atoms with van der Waals surface area (Å²) >= 11 is 0. The van der Waals surface area contributed by atoms with Crippen LogP contribution in [0.2, 0.25) is 0 Å². The maximum atomic E-state index is 12.4. The minimum absolute atomic E-state index is 0.0264. The minimum Gasteiger partial charge on any atom is -0.466 e. The molecule has 0 aromatic rings. The van der Waals surface area contributed by atoms with E-state index in [1.165, 1.54) is 173 Å². The van der Waals surface area contributed by atoms with Crippen LogP contribution >= 0.6 is 0 Å². The fraction of sp³-hybridized carbons (Fsp3) is 0.852. The van der Waals surface area contributed by atoms with Gasteiger partial charge in [0.1, 0.15) is 0 Å². The van der Waals surface area contributed by atoms with E-state index in [9.17, 15) is 19.8 Å². The first-order valence-corrected chi connectivity index (χ1v) is 26.3. The number of amides is 1. The summed E-state index contributed by atoms with van der Waals surface area (Å²) < 4.78 is 5.44. The van der Waals surface area contributed by atoms with Crippen molar-refractivity contribution >= 4 is 11.9 Å². The van der Waals surface area contributed by atoms with E-state index >= 15 is 0 Å². The Bertz CT molecular complexity index is 977. The third-order valence-corrected chi connectivity index (χ3v) is 11.9. The highest BCUT2D eigenvalue weighted by molar-refractivity contribution is 5.76. The maximum absolute atomic E-state index is 12.4. The van der Waals surface area contributed by atoms with E-state index in [1.807, 2.05) is 6.08 Å². The lowest BCUT2D eigenvalue weighted by molar-refractivity contribution is -0.143. The zero-order valence-corrected chi connectivity index (χ0v) is 39.9. The van der Waals surface area contributed by atoms with E-state index in [1.54, 1.807) is 6.08 Å². The number of aliphatic hydroxyl groups is 2. The molecule has 1 amide bonds. The lowest BCUT2D eigenvalue weighted by Gasteiger charge is -2.20. The Balaban J connectivity index is 3.52. The van der Waals surface area contributed by atoms with Crippen LogP contribution in [-0.4, -0.2) is 47.4 Å². The Morgan fingerprint density at radius 2 is 0.867 bits per heavy atom. The van der Waals surface area contributed by atoms with Crippen molar-refractivity contribution in [2.45, 2.75) is 283 Å². The van der Waals surface area contributed by atoms with E-state index in [0.29, 0.717) is 19.4 Å². The molecule has 0 fully saturated rings. The summed E-state index contributed by atoms with van der Waals surface area (Å²) in [7, 11) is 0. The molecule has 0 aliphatic heterocycles. The number of hydrogen-bond acceptors (Lipinski definition) is 5. The Kier molecular flexibility index (Phi) is 48.1. The summed E-state index contributed by atoms with van der Waals surface area (Å²) in [4.78, 5) is 24.4. The fourth-order valence-corrected chi connectivity index (χ4v) is 7.85. The SMILES string of the molecule is CCC/C=C\C/C=C\CCCCCCCC(=O)OCCCCCCCCCCCCCCC(=O)NC(CO)C(O)/C=C/CCCCCCCCCCCCCCCCCC. The number of aliphatic hydroxyl groups excluding tert-OH is 2. The monoisotopic (exact) mass is 844 g/mol. The predicted molar refractivity (Wildman–Crippen MR) is 259 cm³/mol. The lowest BCUT2D eigenvalue weighted by atomic mass is 10.0. The maximum Gasteiger partial charge on any atom is 0.305 e. The first-order chi connectivity index (χ1) is 29.5. The number of allylic oxidation sites excluding steroid dienone is 5. The van der Waals surface area contributed by atoms with Gasteiger partial charge in [0.25, 0.3) is 0 Å². The Morgan fingerprint density at radius 3 is 1.33 bits per heavy atom. The molecule has 2 atom stereocenters. The topological polar surface area (TPSA) is 95.9 Å². The van der Waals surface area contributed by atoms with Gasteiger partial charge in [-0.3, -0.25) is 9.59 Å². The summed E-state index contributed by atoms with van der Waals surface area (Å²) in [5.74, 6) is -0.110. The second-order valence-electron chi connectivity index (χ2n) is 17.9. The molecule has 3 N–H and O–H groups in total. The van der Waals surface area contributed by atoms with Crippen molar-refractivity contribution in [1.29, 1.82) is 0 Å². The number of rotatable bonds is 48. The van der Waals surface area contributed by atoms with E-state index in [4.69, 9.17) is 4.74 Å². The highest BCUT2D eigenvalue weighted by atomic mass is 16.5. The van der Waals surface area contributed by atoms with Crippen molar-refractivity contribution in [1.82, 2.24) is 5.32 Å². The fourth-order valence-electron chi connectivity index (χ4n) is 7.85. The molecule has 2 unspecified atom stereocenters. The van der Waals surface area contributed by atoms with Crippen LogP contribution in [0, 0.1) is 0 Å². The van der Waals surface area contributed by atoms with Gasteiger partial charge in [-0.1, -0.05) is 237 Å². The van der Waals surface area contributed by atoms with Gasteiger partial charge >= 0.3 is 5.97 Å². The van der Waals surface area contributed by atoms with Gasteiger partial charge in [0.05, 0.1) is 25.4 Å². The third-order valence-electron chi connectivity index (χ3n) is 11.9. The summed E-state index contributed by atoms with van der Waals surface area (Å²) in [5.41, 5.74) is 0. The van der Waals surface area contributed by atoms with Crippen LogP contribution in [0.4, 0.5) is 0 Å². The molecule has 0 saturated heterocycles. The van der Waals surface area contributed by atoms with Crippen LogP contribution in [-0.2, 0) is 14.3 Å². The summed E-state index contributed by atoms with van der Waals surface area (Å²) in [6, 6.07) is -0.641. The molecule has 0 bridgehead atoms. The quantitative estimate of drug-likeness (QED) is 0.0322.